The van der Waals surface area contributed by atoms with Gasteiger partial charge in [0.05, 0.1) is 6.54 Å². The highest BCUT2D eigenvalue weighted by molar-refractivity contribution is 7.80. The number of aromatic nitrogens is 2. The first kappa shape index (κ1) is 20.7. The van der Waals surface area contributed by atoms with Crippen LogP contribution in [0.2, 0.25) is 0 Å². The smallest absolute Gasteiger partial charge is 0.253 e. The van der Waals surface area contributed by atoms with Crippen LogP contribution in [0, 0.1) is 12.7 Å². The van der Waals surface area contributed by atoms with Gasteiger partial charge in [-0.2, -0.15) is 0 Å². The number of H-pyrrole nitrogens is 1. The van der Waals surface area contributed by atoms with Gasteiger partial charge in [-0.1, -0.05) is 18.2 Å². The highest BCUT2D eigenvalue weighted by atomic mass is 32.1. The van der Waals surface area contributed by atoms with Crippen LogP contribution in [0.3, 0.4) is 0 Å². The van der Waals surface area contributed by atoms with E-state index >= 15 is 0 Å². The average molecular weight is 433 g/mol. The lowest BCUT2D eigenvalue weighted by atomic mass is 10.1. The number of hydrogen-bond donors (Lipinski definition) is 2. The standard InChI is InChI=1S/C24H21FN4OS/c1-16-4-5-18-12-19(23(30)28-22(18)11-16)15-29(14-17-3-2-10-26-13-17)24(31)27-21-8-6-20(25)7-9-21/h2-13H,14-15H2,1H3,(H,27,31)(H,28,30). The molecule has 2 N–H and O–H groups in total. The fraction of sp³-hybridized carbons (Fsp3) is 0.125. The zero-order valence-electron chi connectivity index (χ0n) is 16.9. The topological polar surface area (TPSA) is 61.0 Å². The van der Waals surface area contributed by atoms with Crippen LogP contribution in [0.1, 0.15) is 16.7 Å². The van der Waals surface area contributed by atoms with Gasteiger partial charge in [0.15, 0.2) is 5.11 Å². The molecule has 7 heteroatoms. The summed E-state index contributed by atoms with van der Waals surface area (Å²) < 4.78 is 13.2. The molecule has 0 atom stereocenters. The number of rotatable bonds is 5. The first-order valence-corrected chi connectivity index (χ1v) is 10.2. The number of fused-ring (bicyclic) bond motifs is 1. The van der Waals surface area contributed by atoms with Crippen molar-refractivity contribution in [2.24, 2.45) is 0 Å². The van der Waals surface area contributed by atoms with Crippen LogP contribution < -0.4 is 10.9 Å². The Labute approximate surface area is 184 Å². The Morgan fingerprint density at radius 1 is 1.13 bits per heavy atom. The number of aromatic amines is 1. The van der Waals surface area contributed by atoms with E-state index in [1.807, 2.05) is 48.2 Å². The van der Waals surface area contributed by atoms with E-state index in [0.717, 1.165) is 22.0 Å². The van der Waals surface area contributed by atoms with E-state index in [9.17, 15) is 9.18 Å². The number of hydrogen-bond acceptors (Lipinski definition) is 3. The van der Waals surface area contributed by atoms with Gasteiger partial charge in [-0.15, -0.1) is 0 Å². The molecular formula is C24H21FN4OS. The molecule has 0 amide bonds. The highest BCUT2D eigenvalue weighted by Crippen LogP contribution is 2.16. The number of thiocarbonyl (C=S) groups is 1. The Balaban J connectivity index is 1.63. The minimum atomic E-state index is -0.318. The molecule has 156 valence electrons. The average Bonchev–Trinajstić information content (AvgIpc) is 2.76. The molecule has 0 spiro atoms. The molecule has 0 bridgehead atoms. The van der Waals surface area contributed by atoms with Crippen molar-refractivity contribution in [3.63, 3.8) is 0 Å². The van der Waals surface area contributed by atoms with Crippen LogP contribution in [0.5, 0.6) is 0 Å². The molecule has 0 saturated heterocycles. The van der Waals surface area contributed by atoms with E-state index in [2.05, 4.69) is 15.3 Å². The van der Waals surface area contributed by atoms with Gasteiger partial charge in [-0.05, 0) is 78.1 Å². The van der Waals surface area contributed by atoms with Crippen LogP contribution in [0.15, 0.2) is 77.9 Å². The van der Waals surface area contributed by atoms with Gasteiger partial charge in [0.25, 0.3) is 5.56 Å². The number of pyridine rings is 2. The Bertz CT molecular complexity index is 1270. The Morgan fingerprint density at radius 2 is 1.94 bits per heavy atom. The van der Waals surface area contributed by atoms with Crippen molar-refractivity contribution in [1.29, 1.82) is 0 Å². The molecule has 0 aliphatic carbocycles. The zero-order chi connectivity index (χ0) is 21.8. The van der Waals surface area contributed by atoms with Crippen LogP contribution in [0.25, 0.3) is 10.9 Å². The normalized spacial score (nSPS) is 10.8. The lowest BCUT2D eigenvalue weighted by molar-refractivity contribution is 0.410. The molecule has 5 nitrogen and oxygen atoms in total. The molecule has 31 heavy (non-hydrogen) atoms. The maximum absolute atomic E-state index is 13.2. The Hall–Kier alpha value is -3.58. The summed E-state index contributed by atoms with van der Waals surface area (Å²) in [6.07, 6.45) is 3.47. The quantitative estimate of drug-likeness (QED) is 0.445. The monoisotopic (exact) mass is 432 g/mol. The maximum atomic E-state index is 13.2. The van der Waals surface area contributed by atoms with E-state index in [4.69, 9.17) is 12.2 Å². The van der Waals surface area contributed by atoms with Gasteiger partial charge in [0.2, 0.25) is 0 Å². The fourth-order valence-electron chi connectivity index (χ4n) is 3.33. The second kappa shape index (κ2) is 9.06. The molecule has 0 aliphatic rings. The predicted molar refractivity (Wildman–Crippen MR) is 125 cm³/mol. The molecule has 0 unspecified atom stereocenters. The molecular weight excluding hydrogens is 411 g/mol. The lowest BCUT2D eigenvalue weighted by Gasteiger charge is -2.26. The van der Waals surface area contributed by atoms with Gasteiger partial charge < -0.3 is 15.2 Å². The molecule has 2 aromatic carbocycles. The Kier molecular flexibility index (Phi) is 6.04. The third kappa shape index (κ3) is 5.13. The van der Waals surface area contributed by atoms with Crippen LogP contribution in [0.4, 0.5) is 10.1 Å². The summed E-state index contributed by atoms with van der Waals surface area (Å²) >= 11 is 5.63. The third-order valence-corrected chi connectivity index (χ3v) is 5.28. The summed E-state index contributed by atoms with van der Waals surface area (Å²) in [4.78, 5) is 21.8. The molecule has 0 saturated carbocycles. The van der Waals surface area contributed by atoms with Crippen molar-refractivity contribution in [3.05, 3.63) is 106 Å². The zero-order valence-corrected chi connectivity index (χ0v) is 17.7. The van der Waals surface area contributed by atoms with Gasteiger partial charge >= 0.3 is 0 Å². The number of nitrogens with one attached hydrogen (secondary N) is 2. The summed E-state index contributed by atoms with van der Waals surface area (Å²) in [6.45, 7) is 2.76. The van der Waals surface area contributed by atoms with Crippen molar-refractivity contribution >= 4 is 33.9 Å². The summed E-state index contributed by atoms with van der Waals surface area (Å²) in [5.41, 5.74) is 3.96. The van der Waals surface area contributed by atoms with E-state index in [1.165, 1.54) is 12.1 Å². The van der Waals surface area contributed by atoms with E-state index in [1.54, 1.807) is 24.5 Å². The van der Waals surface area contributed by atoms with Crippen molar-refractivity contribution in [2.75, 3.05) is 5.32 Å². The van der Waals surface area contributed by atoms with E-state index < -0.39 is 0 Å². The van der Waals surface area contributed by atoms with Crippen molar-refractivity contribution in [3.8, 4) is 0 Å². The minimum Gasteiger partial charge on any atom is -0.340 e. The van der Waals surface area contributed by atoms with E-state index in [0.29, 0.717) is 29.5 Å². The number of halogens is 1. The molecule has 2 aromatic heterocycles. The van der Waals surface area contributed by atoms with Gasteiger partial charge in [-0.25, -0.2) is 4.39 Å². The second-order valence-corrected chi connectivity index (χ2v) is 7.76. The molecule has 0 fully saturated rings. The van der Waals surface area contributed by atoms with Crippen molar-refractivity contribution < 1.29 is 4.39 Å². The number of benzene rings is 2. The van der Waals surface area contributed by atoms with Gasteiger partial charge in [0, 0.05) is 35.7 Å². The molecule has 0 aliphatic heterocycles. The SMILES string of the molecule is Cc1ccc2cc(CN(Cc3cccnc3)C(=S)Nc3ccc(F)cc3)c(=O)[nH]c2c1. The summed E-state index contributed by atoms with van der Waals surface area (Å²) in [5.74, 6) is -0.318. The largest absolute Gasteiger partial charge is 0.340 e. The summed E-state index contributed by atoms with van der Waals surface area (Å²) in [5, 5.41) is 4.52. The molecule has 4 rings (SSSR count). The summed E-state index contributed by atoms with van der Waals surface area (Å²) in [7, 11) is 0. The summed E-state index contributed by atoms with van der Waals surface area (Å²) in [6, 6.07) is 17.6. The predicted octanol–water partition coefficient (Wildman–Crippen LogP) is 4.77. The lowest BCUT2D eigenvalue weighted by Crippen LogP contribution is -2.35. The third-order valence-electron chi connectivity index (χ3n) is 4.92. The second-order valence-electron chi connectivity index (χ2n) is 7.37. The maximum Gasteiger partial charge on any atom is 0.253 e. The fourth-order valence-corrected chi connectivity index (χ4v) is 3.58. The number of anilines is 1. The first-order chi connectivity index (χ1) is 15.0. The molecule has 2 heterocycles. The number of nitrogens with zero attached hydrogens (tertiary/aromatic N) is 2. The highest BCUT2D eigenvalue weighted by Gasteiger charge is 2.15. The van der Waals surface area contributed by atoms with E-state index in [-0.39, 0.29) is 11.4 Å². The van der Waals surface area contributed by atoms with Crippen LogP contribution in [-0.4, -0.2) is 20.0 Å². The van der Waals surface area contributed by atoms with Crippen LogP contribution >= 0.6 is 12.2 Å². The van der Waals surface area contributed by atoms with Gasteiger partial charge in [-0.3, -0.25) is 9.78 Å². The molecule has 4 aromatic rings. The minimum absolute atomic E-state index is 0.154. The molecule has 0 radical (unpaired) electrons. The van der Waals surface area contributed by atoms with Crippen LogP contribution in [-0.2, 0) is 13.1 Å². The number of aryl methyl sites for hydroxylation is 1. The van der Waals surface area contributed by atoms with Gasteiger partial charge in [0.1, 0.15) is 5.82 Å². The first-order valence-electron chi connectivity index (χ1n) is 9.81. The Morgan fingerprint density at radius 3 is 2.68 bits per heavy atom. The van der Waals surface area contributed by atoms with Crippen molar-refractivity contribution in [2.45, 2.75) is 20.0 Å². The van der Waals surface area contributed by atoms with Crippen molar-refractivity contribution in [1.82, 2.24) is 14.9 Å².